The minimum absolute atomic E-state index is 1.02. The molecule has 3 aromatic rings. The Bertz CT molecular complexity index is 618. The Balaban J connectivity index is 2.19. The average Bonchev–Trinajstić information content (AvgIpc) is 2.39. The zero-order valence-electron chi connectivity index (χ0n) is 8.67. The number of hydrogen-bond donors (Lipinski definition) is 0. The summed E-state index contributed by atoms with van der Waals surface area (Å²) in [7, 11) is 0. The van der Waals surface area contributed by atoms with Gasteiger partial charge in [-0.2, -0.15) is 0 Å². The van der Waals surface area contributed by atoms with E-state index in [-0.39, 0.29) is 0 Å². The van der Waals surface area contributed by atoms with E-state index < -0.39 is 0 Å². The van der Waals surface area contributed by atoms with Gasteiger partial charge in [0, 0.05) is 29.5 Å². The molecule has 0 aliphatic heterocycles. The SMILES string of the molecule is c1cncc(-c2ccc3cccnc3c2)c1. The third-order valence-corrected chi connectivity index (χ3v) is 2.60. The third kappa shape index (κ3) is 1.54. The summed E-state index contributed by atoms with van der Waals surface area (Å²) in [6.07, 6.45) is 5.46. The molecule has 0 fully saturated rings. The lowest BCUT2D eigenvalue weighted by molar-refractivity contribution is 1.33. The highest BCUT2D eigenvalue weighted by molar-refractivity contribution is 5.83. The van der Waals surface area contributed by atoms with Gasteiger partial charge in [0.2, 0.25) is 0 Å². The molecule has 0 saturated carbocycles. The first-order chi connectivity index (χ1) is 7.93. The Hall–Kier alpha value is -2.22. The number of benzene rings is 1. The highest BCUT2D eigenvalue weighted by Crippen LogP contribution is 2.22. The van der Waals surface area contributed by atoms with Crippen LogP contribution in [-0.2, 0) is 0 Å². The fourth-order valence-corrected chi connectivity index (χ4v) is 1.78. The van der Waals surface area contributed by atoms with E-state index in [1.165, 1.54) is 0 Å². The fourth-order valence-electron chi connectivity index (χ4n) is 1.78. The van der Waals surface area contributed by atoms with Crippen molar-refractivity contribution in [3.05, 3.63) is 61.1 Å². The minimum atomic E-state index is 1.02. The van der Waals surface area contributed by atoms with E-state index in [0.29, 0.717) is 0 Å². The van der Waals surface area contributed by atoms with Crippen molar-refractivity contribution in [2.24, 2.45) is 0 Å². The second kappa shape index (κ2) is 3.74. The normalized spacial score (nSPS) is 10.5. The Morgan fingerprint density at radius 1 is 0.812 bits per heavy atom. The summed E-state index contributed by atoms with van der Waals surface area (Å²) in [6.45, 7) is 0. The highest BCUT2D eigenvalue weighted by Gasteiger charge is 1.99. The quantitative estimate of drug-likeness (QED) is 0.610. The molecule has 0 aliphatic rings. The molecule has 0 amide bonds. The van der Waals surface area contributed by atoms with Gasteiger partial charge in [-0.05, 0) is 23.8 Å². The molecule has 2 nitrogen and oxygen atoms in total. The van der Waals surface area contributed by atoms with Crippen molar-refractivity contribution in [1.82, 2.24) is 9.97 Å². The van der Waals surface area contributed by atoms with E-state index in [1.54, 1.807) is 6.20 Å². The van der Waals surface area contributed by atoms with Gasteiger partial charge >= 0.3 is 0 Å². The number of nitrogens with zero attached hydrogens (tertiary/aromatic N) is 2. The van der Waals surface area contributed by atoms with Crippen molar-refractivity contribution in [2.45, 2.75) is 0 Å². The van der Waals surface area contributed by atoms with Crippen molar-refractivity contribution >= 4 is 10.9 Å². The summed E-state index contributed by atoms with van der Waals surface area (Å²) in [4.78, 5) is 8.47. The second-order valence-electron chi connectivity index (χ2n) is 3.65. The van der Waals surface area contributed by atoms with Crippen molar-refractivity contribution in [2.75, 3.05) is 0 Å². The Morgan fingerprint density at radius 3 is 2.62 bits per heavy atom. The molecule has 3 rings (SSSR count). The van der Waals surface area contributed by atoms with E-state index in [1.807, 2.05) is 24.5 Å². The van der Waals surface area contributed by atoms with Crippen LogP contribution in [0.1, 0.15) is 0 Å². The van der Waals surface area contributed by atoms with E-state index in [2.05, 4.69) is 40.3 Å². The maximum atomic E-state index is 4.35. The molecule has 1 aromatic carbocycles. The molecule has 0 saturated heterocycles. The average molecular weight is 206 g/mol. The summed E-state index contributed by atoms with van der Waals surface area (Å²) in [5.41, 5.74) is 3.29. The molecule has 76 valence electrons. The smallest absolute Gasteiger partial charge is 0.0708 e. The van der Waals surface area contributed by atoms with Gasteiger partial charge in [0.15, 0.2) is 0 Å². The number of pyridine rings is 2. The van der Waals surface area contributed by atoms with Crippen molar-refractivity contribution < 1.29 is 0 Å². The molecule has 16 heavy (non-hydrogen) atoms. The number of fused-ring (bicyclic) bond motifs is 1. The van der Waals surface area contributed by atoms with Gasteiger partial charge in [-0.15, -0.1) is 0 Å². The molecule has 2 aromatic heterocycles. The highest BCUT2D eigenvalue weighted by atomic mass is 14.6. The molecule has 0 atom stereocenters. The molecule has 0 spiro atoms. The lowest BCUT2D eigenvalue weighted by Gasteiger charge is -2.02. The summed E-state index contributed by atoms with van der Waals surface area (Å²) in [6, 6.07) is 14.3. The number of rotatable bonds is 1. The van der Waals surface area contributed by atoms with Crippen molar-refractivity contribution in [3.8, 4) is 11.1 Å². The first-order valence-corrected chi connectivity index (χ1v) is 5.19. The molecule has 2 heteroatoms. The standard InChI is InChI=1S/C14H10N2/c1-4-13(10-15-7-1)12-6-5-11-3-2-8-16-14(11)9-12/h1-10H. The van der Waals surface area contributed by atoms with Crippen LogP contribution in [0.4, 0.5) is 0 Å². The van der Waals surface area contributed by atoms with E-state index in [4.69, 9.17) is 0 Å². The van der Waals surface area contributed by atoms with Crippen LogP contribution >= 0.6 is 0 Å². The lowest BCUT2D eigenvalue weighted by Crippen LogP contribution is -1.81. The van der Waals surface area contributed by atoms with Gasteiger partial charge < -0.3 is 0 Å². The summed E-state index contributed by atoms with van der Waals surface area (Å²) in [5, 5.41) is 1.16. The molecular formula is C14H10N2. The van der Waals surface area contributed by atoms with Gasteiger partial charge in [0.25, 0.3) is 0 Å². The molecular weight excluding hydrogens is 196 g/mol. The van der Waals surface area contributed by atoms with Crippen molar-refractivity contribution in [1.29, 1.82) is 0 Å². The zero-order chi connectivity index (χ0) is 10.8. The molecule has 0 N–H and O–H groups in total. The Labute approximate surface area is 93.6 Å². The first kappa shape index (κ1) is 9.04. The maximum absolute atomic E-state index is 4.35. The summed E-state index contributed by atoms with van der Waals surface area (Å²) in [5.74, 6) is 0. The maximum Gasteiger partial charge on any atom is 0.0708 e. The predicted octanol–water partition coefficient (Wildman–Crippen LogP) is 3.30. The zero-order valence-corrected chi connectivity index (χ0v) is 8.67. The largest absolute Gasteiger partial charge is 0.264 e. The second-order valence-corrected chi connectivity index (χ2v) is 3.65. The number of aromatic nitrogens is 2. The van der Waals surface area contributed by atoms with Gasteiger partial charge in [-0.1, -0.05) is 24.3 Å². The predicted molar refractivity (Wildman–Crippen MR) is 65.0 cm³/mol. The van der Waals surface area contributed by atoms with Crippen molar-refractivity contribution in [3.63, 3.8) is 0 Å². The van der Waals surface area contributed by atoms with Crippen LogP contribution in [0.3, 0.4) is 0 Å². The fraction of sp³-hybridized carbons (Fsp3) is 0. The van der Waals surface area contributed by atoms with Gasteiger partial charge in [0.05, 0.1) is 5.52 Å². The molecule has 0 bridgehead atoms. The van der Waals surface area contributed by atoms with Crippen LogP contribution in [-0.4, -0.2) is 9.97 Å². The first-order valence-electron chi connectivity index (χ1n) is 5.19. The van der Waals surface area contributed by atoms with Crippen LogP contribution in [0.5, 0.6) is 0 Å². The van der Waals surface area contributed by atoms with Gasteiger partial charge in [-0.25, -0.2) is 0 Å². The lowest BCUT2D eigenvalue weighted by atomic mass is 10.1. The van der Waals surface area contributed by atoms with Gasteiger partial charge in [-0.3, -0.25) is 9.97 Å². The number of hydrogen-bond acceptors (Lipinski definition) is 2. The van der Waals surface area contributed by atoms with Crippen LogP contribution in [0, 0.1) is 0 Å². The third-order valence-electron chi connectivity index (χ3n) is 2.60. The summed E-state index contributed by atoms with van der Waals surface area (Å²) < 4.78 is 0. The Kier molecular flexibility index (Phi) is 2.11. The summed E-state index contributed by atoms with van der Waals surface area (Å²) >= 11 is 0. The van der Waals surface area contributed by atoms with Crippen LogP contribution in [0.15, 0.2) is 61.1 Å². The minimum Gasteiger partial charge on any atom is -0.264 e. The monoisotopic (exact) mass is 206 g/mol. The van der Waals surface area contributed by atoms with E-state index in [0.717, 1.165) is 22.0 Å². The molecule has 0 radical (unpaired) electrons. The Morgan fingerprint density at radius 2 is 1.75 bits per heavy atom. The van der Waals surface area contributed by atoms with E-state index >= 15 is 0 Å². The van der Waals surface area contributed by atoms with Gasteiger partial charge in [0.1, 0.15) is 0 Å². The van der Waals surface area contributed by atoms with Crippen LogP contribution in [0.25, 0.3) is 22.0 Å². The molecule has 2 heterocycles. The van der Waals surface area contributed by atoms with Crippen LogP contribution in [0.2, 0.25) is 0 Å². The molecule has 0 aliphatic carbocycles. The van der Waals surface area contributed by atoms with E-state index in [9.17, 15) is 0 Å². The van der Waals surface area contributed by atoms with Crippen LogP contribution < -0.4 is 0 Å². The molecule has 0 unspecified atom stereocenters. The topological polar surface area (TPSA) is 25.8 Å².